The number of amides is 1. The van der Waals surface area contributed by atoms with Crippen molar-refractivity contribution in [1.82, 2.24) is 9.88 Å². The normalized spacial score (nSPS) is 18.8. The second-order valence-corrected chi connectivity index (χ2v) is 5.17. The van der Waals surface area contributed by atoms with Gasteiger partial charge in [-0.15, -0.1) is 0 Å². The molecule has 1 aromatic heterocycles. The summed E-state index contributed by atoms with van der Waals surface area (Å²) in [5, 5.41) is 2.78. The number of ether oxygens (including phenoxy) is 1. The quantitative estimate of drug-likeness (QED) is 0.898. The Kier molecular flexibility index (Phi) is 4.54. The zero-order valence-corrected chi connectivity index (χ0v) is 11.5. The summed E-state index contributed by atoms with van der Waals surface area (Å²) in [6.07, 6.45) is 3.75. The number of nitrogens with zero attached hydrogens (tertiary/aromatic N) is 1. The predicted molar refractivity (Wildman–Crippen MR) is 70.4 cm³/mol. The maximum absolute atomic E-state index is 11.7. The SMILES string of the molecule is O=C(Cn1cc(Br)ccc1=O)NCC1CCCO1. The van der Waals surface area contributed by atoms with Crippen molar-refractivity contribution in [3.05, 3.63) is 33.2 Å². The molecule has 1 fully saturated rings. The summed E-state index contributed by atoms with van der Waals surface area (Å²) in [6, 6.07) is 3.08. The van der Waals surface area contributed by atoms with Gasteiger partial charge < -0.3 is 14.6 Å². The van der Waals surface area contributed by atoms with Crippen LogP contribution in [0.5, 0.6) is 0 Å². The highest BCUT2D eigenvalue weighted by atomic mass is 79.9. The Morgan fingerprint density at radius 2 is 2.39 bits per heavy atom. The van der Waals surface area contributed by atoms with Gasteiger partial charge in [-0.05, 0) is 34.8 Å². The van der Waals surface area contributed by atoms with E-state index in [1.165, 1.54) is 10.6 Å². The average Bonchev–Trinajstić information content (AvgIpc) is 2.84. The minimum absolute atomic E-state index is 0.0327. The fourth-order valence-electron chi connectivity index (χ4n) is 1.87. The molecule has 5 nitrogen and oxygen atoms in total. The first-order chi connectivity index (χ1) is 8.65. The third-order valence-corrected chi connectivity index (χ3v) is 3.28. The Balaban J connectivity index is 1.86. The van der Waals surface area contributed by atoms with Crippen LogP contribution in [-0.2, 0) is 16.1 Å². The Morgan fingerprint density at radius 1 is 1.56 bits per heavy atom. The minimum atomic E-state index is -0.189. The van der Waals surface area contributed by atoms with Crippen molar-refractivity contribution in [3.8, 4) is 0 Å². The lowest BCUT2D eigenvalue weighted by Crippen LogP contribution is -2.36. The van der Waals surface area contributed by atoms with E-state index in [2.05, 4.69) is 21.2 Å². The molecule has 2 heterocycles. The number of rotatable bonds is 4. The molecule has 2 rings (SSSR count). The maximum Gasteiger partial charge on any atom is 0.251 e. The first-order valence-electron chi connectivity index (χ1n) is 5.89. The second-order valence-electron chi connectivity index (χ2n) is 4.25. The van der Waals surface area contributed by atoms with Gasteiger partial charge in [-0.3, -0.25) is 9.59 Å². The largest absolute Gasteiger partial charge is 0.376 e. The molecule has 1 aliphatic heterocycles. The van der Waals surface area contributed by atoms with E-state index < -0.39 is 0 Å². The molecule has 1 unspecified atom stereocenters. The summed E-state index contributed by atoms with van der Waals surface area (Å²) in [4.78, 5) is 23.2. The van der Waals surface area contributed by atoms with Gasteiger partial charge in [0.2, 0.25) is 5.91 Å². The molecule has 1 saturated heterocycles. The fourth-order valence-corrected chi connectivity index (χ4v) is 2.25. The Hall–Kier alpha value is -1.14. The molecular formula is C12H15BrN2O3. The van der Waals surface area contributed by atoms with E-state index >= 15 is 0 Å². The van der Waals surface area contributed by atoms with Gasteiger partial charge in [-0.1, -0.05) is 0 Å². The van der Waals surface area contributed by atoms with Gasteiger partial charge in [0, 0.05) is 29.9 Å². The molecule has 1 amide bonds. The average molecular weight is 315 g/mol. The third kappa shape index (κ3) is 3.68. The van der Waals surface area contributed by atoms with Crippen LogP contribution in [0, 0.1) is 0 Å². The summed E-state index contributed by atoms with van der Waals surface area (Å²) in [7, 11) is 0. The Labute approximate surface area is 113 Å². The zero-order chi connectivity index (χ0) is 13.0. The van der Waals surface area contributed by atoms with E-state index in [1.807, 2.05) is 0 Å². The molecule has 1 aromatic rings. The number of hydrogen-bond acceptors (Lipinski definition) is 3. The third-order valence-electron chi connectivity index (χ3n) is 2.81. The molecule has 0 saturated carbocycles. The molecule has 0 radical (unpaired) electrons. The molecule has 98 valence electrons. The van der Waals surface area contributed by atoms with Crippen LogP contribution in [0.4, 0.5) is 0 Å². The van der Waals surface area contributed by atoms with Crippen LogP contribution in [0.3, 0.4) is 0 Å². The minimum Gasteiger partial charge on any atom is -0.376 e. The van der Waals surface area contributed by atoms with E-state index in [0.717, 1.165) is 23.9 Å². The van der Waals surface area contributed by atoms with E-state index in [9.17, 15) is 9.59 Å². The van der Waals surface area contributed by atoms with Gasteiger partial charge in [0.15, 0.2) is 0 Å². The molecule has 0 aromatic carbocycles. The molecule has 0 aliphatic carbocycles. The van der Waals surface area contributed by atoms with Gasteiger partial charge in [0.05, 0.1) is 6.10 Å². The van der Waals surface area contributed by atoms with Gasteiger partial charge in [-0.25, -0.2) is 0 Å². The first-order valence-corrected chi connectivity index (χ1v) is 6.69. The molecule has 18 heavy (non-hydrogen) atoms. The van der Waals surface area contributed by atoms with Crippen molar-refractivity contribution < 1.29 is 9.53 Å². The standard InChI is InChI=1S/C12H15BrN2O3/c13-9-3-4-12(17)15(7-9)8-11(16)14-6-10-2-1-5-18-10/h3-4,7,10H,1-2,5-6,8H2,(H,14,16). The number of halogens is 1. The van der Waals surface area contributed by atoms with Crippen molar-refractivity contribution in [2.45, 2.75) is 25.5 Å². The number of hydrogen-bond donors (Lipinski definition) is 1. The van der Waals surface area contributed by atoms with Gasteiger partial charge >= 0.3 is 0 Å². The van der Waals surface area contributed by atoms with Gasteiger partial charge in [0.1, 0.15) is 6.54 Å². The van der Waals surface area contributed by atoms with E-state index in [-0.39, 0.29) is 24.1 Å². The highest BCUT2D eigenvalue weighted by Gasteiger charge is 2.16. The van der Waals surface area contributed by atoms with E-state index in [4.69, 9.17) is 4.74 Å². The van der Waals surface area contributed by atoms with Crippen LogP contribution in [0.2, 0.25) is 0 Å². The first kappa shape index (κ1) is 13.3. The summed E-state index contributed by atoms with van der Waals surface area (Å²) in [6.45, 7) is 1.32. The predicted octanol–water partition coefficient (Wildman–Crippen LogP) is 0.906. The van der Waals surface area contributed by atoms with Crippen LogP contribution in [-0.4, -0.2) is 29.7 Å². The van der Waals surface area contributed by atoms with Crippen LogP contribution in [0.25, 0.3) is 0 Å². The molecule has 6 heteroatoms. The molecule has 1 N–H and O–H groups in total. The maximum atomic E-state index is 11.7. The Bertz CT molecular complexity index is 480. The summed E-state index contributed by atoms with van der Waals surface area (Å²) < 4.78 is 7.55. The van der Waals surface area contributed by atoms with Crippen molar-refractivity contribution in [2.24, 2.45) is 0 Å². The molecule has 1 aliphatic rings. The summed E-state index contributed by atoms with van der Waals surface area (Å²) in [5.74, 6) is -0.175. The van der Waals surface area contributed by atoms with Crippen molar-refractivity contribution >= 4 is 21.8 Å². The van der Waals surface area contributed by atoms with Gasteiger partial charge in [-0.2, -0.15) is 0 Å². The molecule has 0 spiro atoms. The fraction of sp³-hybridized carbons (Fsp3) is 0.500. The van der Waals surface area contributed by atoms with Gasteiger partial charge in [0.25, 0.3) is 5.56 Å². The lowest BCUT2D eigenvalue weighted by atomic mass is 10.2. The lowest BCUT2D eigenvalue weighted by Gasteiger charge is -2.11. The lowest BCUT2D eigenvalue weighted by molar-refractivity contribution is -0.122. The highest BCUT2D eigenvalue weighted by molar-refractivity contribution is 9.10. The van der Waals surface area contributed by atoms with Crippen molar-refractivity contribution in [1.29, 1.82) is 0 Å². The number of carbonyl (C=O) groups excluding carboxylic acids is 1. The topological polar surface area (TPSA) is 60.3 Å². The van der Waals surface area contributed by atoms with E-state index in [0.29, 0.717) is 6.54 Å². The number of carbonyl (C=O) groups is 1. The molecule has 1 atom stereocenters. The van der Waals surface area contributed by atoms with Crippen LogP contribution in [0.1, 0.15) is 12.8 Å². The highest BCUT2D eigenvalue weighted by Crippen LogP contribution is 2.10. The van der Waals surface area contributed by atoms with Crippen LogP contribution < -0.4 is 10.9 Å². The monoisotopic (exact) mass is 314 g/mol. The second kappa shape index (κ2) is 6.15. The number of pyridine rings is 1. The van der Waals surface area contributed by atoms with E-state index in [1.54, 1.807) is 12.3 Å². The number of nitrogens with one attached hydrogen (secondary N) is 1. The number of aromatic nitrogens is 1. The van der Waals surface area contributed by atoms with Crippen LogP contribution in [0.15, 0.2) is 27.6 Å². The Morgan fingerprint density at radius 3 is 3.11 bits per heavy atom. The molecular weight excluding hydrogens is 300 g/mol. The zero-order valence-electron chi connectivity index (χ0n) is 9.89. The smallest absolute Gasteiger partial charge is 0.251 e. The summed E-state index contributed by atoms with van der Waals surface area (Å²) in [5.41, 5.74) is -0.189. The van der Waals surface area contributed by atoms with Crippen LogP contribution >= 0.6 is 15.9 Å². The van der Waals surface area contributed by atoms with Crippen molar-refractivity contribution in [2.75, 3.05) is 13.2 Å². The molecule has 0 bridgehead atoms. The van der Waals surface area contributed by atoms with Crippen molar-refractivity contribution in [3.63, 3.8) is 0 Å². The summed E-state index contributed by atoms with van der Waals surface area (Å²) >= 11 is 3.27.